The van der Waals surface area contributed by atoms with Crippen molar-refractivity contribution < 1.29 is 0 Å². The topological polar surface area (TPSA) is 0 Å². The van der Waals surface area contributed by atoms with Crippen LogP contribution in [0.1, 0.15) is 47.2 Å². The Morgan fingerprint density at radius 3 is 0.586 bits per heavy atom. The van der Waals surface area contributed by atoms with Gasteiger partial charge in [0.1, 0.15) is 0 Å². The molecule has 18 aromatic rings. The molecule has 0 heteroatoms. The van der Waals surface area contributed by atoms with Crippen LogP contribution in [0.15, 0.2) is 473 Å². The van der Waals surface area contributed by atoms with Crippen molar-refractivity contribution in [3.8, 4) is 134 Å². The minimum absolute atomic E-state index is 1.26. The Morgan fingerprint density at radius 2 is 0.284 bits per heavy atom. The van der Waals surface area contributed by atoms with E-state index in [0.29, 0.717) is 0 Å². The number of benzene rings is 18. The lowest BCUT2D eigenvalue weighted by molar-refractivity contribution is 1.46. The van der Waals surface area contributed by atoms with Crippen molar-refractivity contribution in [3.63, 3.8) is 0 Å². The quantitative estimate of drug-likeness (QED) is 0.114. The van der Waals surface area contributed by atoms with Crippen molar-refractivity contribution in [2.45, 2.75) is 55.4 Å². The van der Waals surface area contributed by atoms with Crippen LogP contribution in [0.2, 0.25) is 0 Å². The maximum Gasteiger partial charge on any atom is -0.0103 e. The van der Waals surface area contributed by atoms with Gasteiger partial charge in [0, 0.05) is 0 Å². The summed E-state index contributed by atoms with van der Waals surface area (Å²) < 4.78 is 0. The average Bonchev–Trinajstić information content (AvgIpc) is 0.809. The molecule has 0 saturated heterocycles. The van der Waals surface area contributed by atoms with Crippen molar-refractivity contribution in [2.75, 3.05) is 0 Å². The fraction of sp³-hybridized carbons (Fsp3) is 0.0690. The van der Waals surface area contributed by atoms with Crippen molar-refractivity contribution in [2.24, 2.45) is 0 Å². The van der Waals surface area contributed by atoms with Gasteiger partial charge in [0.15, 0.2) is 0 Å². The summed E-state index contributed by atoms with van der Waals surface area (Å²) in [4.78, 5) is 0. The molecule has 0 aliphatic rings. The predicted molar refractivity (Wildman–Crippen MR) is 504 cm³/mol. The summed E-state index contributed by atoms with van der Waals surface area (Å²) >= 11 is 0. The highest BCUT2D eigenvalue weighted by Gasteiger charge is 2.12. The van der Waals surface area contributed by atoms with Crippen LogP contribution in [0.25, 0.3) is 134 Å². The first-order chi connectivity index (χ1) is 57.0. The smallest absolute Gasteiger partial charge is 0.0103 e. The van der Waals surface area contributed by atoms with E-state index in [1.54, 1.807) is 0 Å². The first kappa shape index (κ1) is 81.4. The summed E-state index contributed by atoms with van der Waals surface area (Å²) in [7, 11) is 0. The maximum absolute atomic E-state index is 2.25. The molecule has 0 aliphatic carbocycles. The maximum atomic E-state index is 2.25. The molecule has 0 heterocycles. The lowest BCUT2D eigenvalue weighted by Gasteiger charge is -2.12. The third-order valence-electron chi connectivity index (χ3n) is 20.2. The lowest BCUT2D eigenvalue weighted by Crippen LogP contribution is -1.87. The van der Waals surface area contributed by atoms with Crippen LogP contribution < -0.4 is 0 Å². The fourth-order valence-electron chi connectivity index (χ4n) is 14.1. The Labute approximate surface area is 690 Å². The first-order valence-electron chi connectivity index (χ1n) is 40.3. The van der Waals surface area contributed by atoms with E-state index in [4.69, 9.17) is 0 Å². The summed E-state index contributed by atoms with van der Waals surface area (Å²) in [6.07, 6.45) is 0. The van der Waals surface area contributed by atoms with Gasteiger partial charge < -0.3 is 0 Å². The van der Waals surface area contributed by atoms with E-state index < -0.39 is 0 Å². The number of rotatable bonds is 12. The monoisotopic (exact) mass is 1490 g/mol. The van der Waals surface area contributed by atoms with Gasteiger partial charge in [0.25, 0.3) is 0 Å². The summed E-state index contributed by atoms with van der Waals surface area (Å²) in [5, 5.41) is 0. The van der Waals surface area contributed by atoms with E-state index in [9.17, 15) is 0 Å². The molecule has 0 atom stereocenters. The minimum atomic E-state index is 1.26. The zero-order chi connectivity index (χ0) is 80.5. The number of hydrogen-bond acceptors (Lipinski definition) is 0. The molecule has 0 nitrogen and oxygen atoms in total. The largest absolute Gasteiger partial charge is 0.0683 e. The van der Waals surface area contributed by atoms with Crippen molar-refractivity contribution in [3.05, 3.63) is 507 Å². The second-order valence-electron chi connectivity index (χ2n) is 28.7. The SMILES string of the molecule is CC.Cc1ccc(-c2cccc(-c3ccccc3)c2)cc1.Cc1ccc(-c2ccccc2-c2ccccc2)cc1.Cc1cccc(-c2cccc(-c3ccccc3)c2)c1.Cc1cccc(-c2cccc(-c3ccccc3)c2)c1.Cc1cccc(-c2ccccc2-c2ccccc2)c1.Cc1ccccc1-c1ccccc1-c1ccccc1. The third kappa shape index (κ3) is 23.1. The molecule has 18 rings (SSSR count). The molecule has 0 amide bonds. The number of hydrogen-bond donors (Lipinski definition) is 0. The zero-order valence-corrected chi connectivity index (χ0v) is 68.0. The molecular weight excluding hydrogens is 1390 g/mol. The van der Waals surface area contributed by atoms with Gasteiger partial charge >= 0.3 is 0 Å². The van der Waals surface area contributed by atoms with Gasteiger partial charge in [-0.05, 0) is 199 Å². The lowest BCUT2D eigenvalue weighted by atomic mass is 9.92. The van der Waals surface area contributed by atoms with E-state index in [-0.39, 0.29) is 0 Å². The molecule has 0 radical (unpaired) electrons. The Morgan fingerprint density at radius 1 is 0.103 bits per heavy atom. The third-order valence-corrected chi connectivity index (χ3v) is 20.2. The molecule has 0 aromatic heterocycles. The zero-order valence-electron chi connectivity index (χ0n) is 68.0. The molecular formula is C116H102. The van der Waals surface area contributed by atoms with Crippen LogP contribution in [0, 0.1) is 41.5 Å². The van der Waals surface area contributed by atoms with Crippen LogP contribution in [0.5, 0.6) is 0 Å². The van der Waals surface area contributed by atoms with E-state index >= 15 is 0 Å². The fourth-order valence-corrected chi connectivity index (χ4v) is 14.1. The van der Waals surface area contributed by atoms with Crippen LogP contribution in [0.4, 0.5) is 0 Å². The molecule has 0 spiro atoms. The Bertz CT molecular complexity index is 5850. The Hall–Kier alpha value is -14.0. The molecule has 116 heavy (non-hydrogen) atoms. The highest BCUT2D eigenvalue weighted by molar-refractivity contribution is 5.87. The average molecular weight is 1500 g/mol. The van der Waals surface area contributed by atoms with Crippen LogP contribution in [0.3, 0.4) is 0 Å². The molecule has 0 aliphatic heterocycles. The molecule has 0 saturated carbocycles. The Kier molecular flexibility index (Phi) is 29.9. The minimum Gasteiger partial charge on any atom is -0.0683 e. The van der Waals surface area contributed by atoms with Gasteiger partial charge in [-0.1, -0.05) is 497 Å². The van der Waals surface area contributed by atoms with Gasteiger partial charge in [-0.3, -0.25) is 0 Å². The van der Waals surface area contributed by atoms with E-state index in [1.165, 1.54) is 167 Å². The predicted octanol–water partition coefficient (Wildman–Crippen LogP) is 33.0. The van der Waals surface area contributed by atoms with Crippen molar-refractivity contribution in [1.29, 1.82) is 0 Å². The van der Waals surface area contributed by atoms with E-state index in [0.717, 1.165) is 0 Å². The second-order valence-corrected chi connectivity index (χ2v) is 28.7. The summed E-state index contributed by atoms with van der Waals surface area (Å²) in [5.41, 5.74) is 38.3. The molecule has 0 bridgehead atoms. The molecule has 566 valence electrons. The van der Waals surface area contributed by atoms with Crippen molar-refractivity contribution in [1.82, 2.24) is 0 Å². The van der Waals surface area contributed by atoms with E-state index in [1.807, 2.05) is 32.0 Å². The summed E-state index contributed by atoms with van der Waals surface area (Å²) in [6.45, 7) is 16.8. The van der Waals surface area contributed by atoms with Crippen LogP contribution >= 0.6 is 0 Å². The molecule has 0 unspecified atom stereocenters. The summed E-state index contributed by atoms with van der Waals surface area (Å²) in [6, 6.07) is 167. The highest BCUT2D eigenvalue weighted by Crippen LogP contribution is 2.37. The standard InChI is InChI=1S/6C19H16.C2H6/c2*1-15-7-5-10-17(13-15)19-12-6-11-18(14-19)16-8-3-2-4-9-16;1-15-9-5-6-12-17(15)19-14-8-7-13-18(19)16-10-3-2-4-11-16;1-15-8-7-11-17(14-15)19-13-6-5-12-18(19)16-9-3-2-4-10-16;1-15-11-13-17(14-12-15)19-10-6-5-9-18(19)16-7-3-2-4-8-16;1-15-10-12-17(13-11-15)19-9-5-8-18(14-19)16-6-3-2-4-7-16;1-2/h6*2-14H,1H3;1-2H3. The Balaban J connectivity index is 0.000000128. The van der Waals surface area contributed by atoms with Crippen LogP contribution in [-0.2, 0) is 0 Å². The van der Waals surface area contributed by atoms with Crippen LogP contribution in [-0.4, -0.2) is 0 Å². The van der Waals surface area contributed by atoms with Gasteiger partial charge in [-0.15, -0.1) is 0 Å². The molecule has 18 aromatic carbocycles. The van der Waals surface area contributed by atoms with Crippen molar-refractivity contribution >= 4 is 0 Å². The summed E-state index contributed by atoms with van der Waals surface area (Å²) in [5.74, 6) is 0. The second kappa shape index (κ2) is 42.6. The molecule has 0 fully saturated rings. The highest BCUT2D eigenvalue weighted by atomic mass is 14.2. The van der Waals surface area contributed by atoms with Gasteiger partial charge in [0.2, 0.25) is 0 Å². The van der Waals surface area contributed by atoms with Gasteiger partial charge in [-0.2, -0.15) is 0 Å². The van der Waals surface area contributed by atoms with Gasteiger partial charge in [-0.25, -0.2) is 0 Å². The molecule has 0 N–H and O–H groups in total. The van der Waals surface area contributed by atoms with Gasteiger partial charge in [0.05, 0.1) is 0 Å². The normalized spacial score (nSPS) is 10.2. The number of aryl methyl sites for hydroxylation is 6. The van der Waals surface area contributed by atoms with E-state index in [2.05, 4.69) is 497 Å². The first-order valence-corrected chi connectivity index (χ1v) is 40.3.